The number of carbonyl (C=O) groups is 2. The molecule has 156 valence electrons. The van der Waals surface area contributed by atoms with Gasteiger partial charge in [-0.25, -0.2) is 0 Å². The molecule has 5 nitrogen and oxygen atoms in total. The minimum Gasteiger partial charge on any atom is -0.357 e. The average molecular weight is 396 g/mol. The number of nitrogens with one attached hydrogen (secondary N) is 2. The maximum Gasteiger partial charge on any atom is 0.242 e. The molecule has 3 rings (SSSR count). The van der Waals surface area contributed by atoms with Crippen LogP contribution in [0.1, 0.15) is 39.2 Å². The number of hydrogen-bond acceptors (Lipinski definition) is 3. The zero-order valence-electron chi connectivity index (χ0n) is 17.9. The van der Waals surface area contributed by atoms with Crippen LogP contribution in [0, 0.1) is 5.92 Å². The van der Waals surface area contributed by atoms with Gasteiger partial charge in [-0.15, -0.1) is 0 Å². The van der Waals surface area contributed by atoms with Crippen molar-refractivity contribution in [2.45, 2.75) is 58.2 Å². The van der Waals surface area contributed by atoms with Gasteiger partial charge in [0.25, 0.3) is 0 Å². The third-order valence-electron chi connectivity index (χ3n) is 5.75. The summed E-state index contributed by atoms with van der Waals surface area (Å²) in [6.07, 6.45) is 2.13. The molecule has 0 spiro atoms. The highest BCUT2D eigenvalue weighted by atomic mass is 16.2. The van der Waals surface area contributed by atoms with Crippen LogP contribution in [0.25, 0.3) is 10.8 Å². The summed E-state index contributed by atoms with van der Waals surface area (Å²) in [7, 11) is 1.64. The van der Waals surface area contributed by atoms with Crippen LogP contribution in [0.2, 0.25) is 0 Å². The Hall–Kier alpha value is -2.40. The quantitative estimate of drug-likeness (QED) is 0.790. The van der Waals surface area contributed by atoms with Crippen molar-refractivity contribution in [1.29, 1.82) is 0 Å². The van der Waals surface area contributed by atoms with Crippen LogP contribution in [-0.2, 0) is 16.0 Å². The molecule has 1 fully saturated rings. The molecule has 1 unspecified atom stereocenters. The fourth-order valence-electron chi connectivity index (χ4n) is 4.19. The number of amides is 2. The number of fused-ring (bicyclic) bond motifs is 1. The summed E-state index contributed by atoms with van der Waals surface area (Å²) in [5.74, 6) is 0.337. The molecule has 2 amide bonds. The molecule has 1 aliphatic rings. The minimum atomic E-state index is -0.504. The summed E-state index contributed by atoms with van der Waals surface area (Å²) in [6, 6.07) is 14.0. The van der Waals surface area contributed by atoms with E-state index in [-0.39, 0.29) is 23.9 Å². The molecule has 0 saturated carbocycles. The van der Waals surface area contributed by atoms with Gasteiger partial charge in [0.2, 0.25) is 11.8 Å². The van der Waals surface area contributed by atoms with Crippen LogP contribution in [0.5, 0.6) is 0 Å². The number of rotatable bonds is 6. The molecule has 2 aromatic carbocycles. The second-order valence-electron chi connectivity index (χ2n) is 8.59. The van der Waals surface area contributed by atoms with Gasteiger partial charge in [0.05, 0.1) is 6.04 Å². The van der Waals surface area contributed by atoms with E-state index in [1.807, 2.05) is 12.1 Å². The standard InChI is InChI=1S/C24H33N3O2/c1-16(2)13-21-24(29)27(12-11-17(3)26-21)22(23(28)25-4)15-18-9-10-19-7-5-6-8-20(19)14-18/h5-10,14,16-17,21-22,26H,11-13,15H2,1-4H3,(H,25,28)/t17-,21+,22?/m1/s1. The second kappa shape index (κ2) is 9.40. The molecule has 1 aliphatic heterocycles. The fourth-order valence-corrected chi connectivity index (χ4v) is 4.19. The van der Waals surface area contributed by atoms with Crippen LogP contribution in [0.4, 0.5) is 0 Å². The Kier molecular flexibility index (Phi) is 6.91. The maximum absolute atomic E-state index is 13.4. The lowest BCUT2D eigenvalue weighted by Crippen LogP contribution is -2.54. The zero-order valence-corrected chi connectivity index (χ0v) is 17.9. The number of likely N-dealkylation sites (N-methyl/N-ethyl adjacent to an activating group) is 1. The third kappa shape index (κ3) is 5.15. The Labute approximate surface area is 173 Å². The van der Waals surface area contributed by atoms with Crippen molar-refractivity contribution in [3.63, 3.8) is 0 Å². The lowest BCUT2D eigenvalue weighted by atomic mass is 9.98. The minimum absolute atomic E-state index is 0.0393. The van der Waals surface area contributed by atoms with Gasteiger partial charge < -0.3 is 15.5 Å². The van der Waals surface area contributed by atoms with E-state index in [2.05, 4.69) is 61.7 Å². The first kappa shape index (κ1) is 21.3. The largest absolute Gasteiger partial charge is 0.357 e. The molecule has 0 bridgehead atoms. The molecular weight excluding hydrogens is 362 g/mol. The van der Waals surface area contributed by atoms with Gasteiger partial charge in [-0.2, -0.15) is 0 Å². The Balaban J connectivity index is 1.89. The van der Waals surface area contributed by atoms with Crippen LogP contribution >= 0.6 is 0 Å². The average Bonchev–Trinajstić information content (AvgIpc) is 2.83. The molecule has 29 heavy (non-hydrogen) atoms. The molecule has 3 atom stereocenters. The summed E-state index contributed by atoms with van der Waals surface area (Å²) in [5, 5.41) is 8.56. The Morgan fingerprint density at radius 2 is 1.93 bits per heavy atom. The summed E-state index contributed by atoms with van der Waals surface area (Å²) < 4.78 is 0. The lowest BCUT2D eigenvalue weighted by Gasteiger charge is -2.32. The summed E-state index contributed by atoms with van der Waals surface area (Å²) in [4.78, 5) is 28.0. The molecule has 2 aromatic rings. The van der Waals surface area contributed by atoms with E-state index in [9.17, 15) is 9.59 Å². The van der Waals surface area contributed by atoms with E-state index in [1.54, 1.807) is 11.9 Å². The van der Waals surface area contributed by atoms with E-state index in [4.69, 9.17) is 0 Å². The van der Waals surface area contributed by atoms with Crippen LogP contribution in [0.3, 0.4) is 0 Å². The monoisotopic (exact) mass is 395 g/mol. The molecule has 5 heteroatoms. The van der Waals surface area contributed by atoms with Crippen molar-refractivity contribution in [2.24, 2.45) is 5.92 Å². The van der Waals surface area contributed by atoms with Gasteiger partial charge in [0, 0.05) is 26.1 Å². The predicted molar refractivity (Wildman–Crippen MR) is 118 cm³/mol. The van der Waals surface area contributed by atoms with E-state index < -0.39 is 6.04 Å². The van der Waals surface area contributed by atoms with Gasteiger partial charge in [-0.3, -0.25) is 9.59 Å². The van der Waals surface area contributed by atoms with Gasteiger partial charge in [0.15, 0.2) is 0 Å². The fraction of sp³-hybridized carbons (Fsp3) is 0.500. The first-order valence-corrected chi connectivity index (χ1v) is 10.6. The first-order valence-electron chi connectivity index (χ1n) is 10.6. The van der Waals surface area contributed by atoms with Crippen molar-refractivity contribution in [2.75, 3.05) is 13.6 Å². The normalized spacial score (nSPS) is 21.3. The summed E-state index contributed by atoms with van der Waals surface area (Å²) in [6.45, 7) is 6.95. The van der Waals surface area contributed by atoms with Crippen molar-refractivity contribution < 1.29 is 9.59 Å². The molecule has 0 aromatic heterocycles. The number of benzene rings is 2. The zero-order chi connectivity index (χ0) is 21.0. The van der Waals surface area contributed by atoms with E-state index >= 15 is 0 Å². The van der Waals surface area contributed by atoms with E-state index in [0.29, 0.717) is 18.9 Å². The third-order valence-corrected chi connectivity index (χ3v) is 5.75. The highest BCUT2D eigenvalue weighted by Gasteiger charge is 2.36. The highest BCUT2D eigenvalue weighted by Crippen LogP contribution is 2.21. The van der Waals surface area contributed by atoms with Crippen molar-refractivity contribution in [1.82, 2.24) is 15.5 Å². The molecule has 0 aliphatic carbocycles. The SMILES string of the molecule is CNC(=O)C(Cc1ccc2ccccc2c1)N1CC[C@@H](C)N[C@@H](CC(C)C)C1=O. The van der Waals surface area contributed by atoms with E-state index in [0.717, 1.165) is 23.8 Å². The predicted octanol–water partition coefficient (Wildman–Crippen LogP) is 3.12. The summed E-state index contributed by atoms with van der Waals surface area (Å²) in [5.41, 5.74) is 1.07. The number of carbonyl (C=O) groups excluding carboxylic acids is 2. The van der Waals surface area contributed by atoms with Gasteiger partial charge in [0.1, 0.15) is 6.04 Å². The van der Waals surface area contributed by atoms with Gasteiger partial charge in [-0.1, -0.05) is 56.3 Å². The topological polar surface area (TPSA) is 61.4 Å². The van der Waals surface area contributed by atoms with Crippen molar-refractivity contribution in [3.8, 4) is 0 Å². The molecule has 1 saturated heterocycles. The maximum atomic E-state index is 13.4. The number of hydrogen-bond donors (Lipinski definition) is 2. The molecule has 1 heterocycles. The lowest BCUT2D eigenvalue weighted by molar-refractivity contribution is -0.141. The molecule has 0 radical (unpaired) electrons. The Morgan fingerprint density at radius 1 is 1.21 bits per heavy atom. The van der Waals surface area contributed by atoms with E-state index in [1.165, 1.54) is 5.39 Å². The smallest absolute Gasteiger partial charge is 0.242 e. The Bertz CT molecular complexity index is 864. The first-order chi connectivity index (χ1) is 13.9. The summed E-state index contributed by atoms with van der Waals surface area (Å²) >= 11 is 0. The Morgan fingerprint density at radius 3 is 2.62 bits per heavy atom. The molecule has 2 N–H and O–H groups in total. The highest BCUT2D eigenvalue weighted by molar-refractivity contribution is 5.90. The van der Waals surface area contributed by atoms with Crippen molar-refractivity contribution in [3.05, 3.63) is 48.0 Å². The van der Waals surface area contributed by atoms with Crippen LogP contribution in [-0.4, -0.2) is 48.4 Å². The second-order valence-corrected chi connectivity index (χ2v) is 8.59. The van der Waals surface area contributed by atoms with Gasteiger partial charge >= 0.3 is 0 Å². The molecular formula is C24H33N3O2. The van der Waals surface area contributed by atoms with Crippen molar-refractivity contribution >= 4 is 22.6 Å². The van der Waals surface area contributed by atoms with Crippen LogP contribution < -0.4 is 10.6 Å². The number of nitrogens with zero attached hydrogens (tertiary/aromatic N) is 1. The van der Waals surface area contributed by atoms with Crippen LogP contribution in [0.15, 0.2) is 42.5 Å². The van der Waals surface area contributed by atoms with Gasteiger partial charge in [-0.05, 0) is 42.0 Å².